The Bertz CT molecular complexity index is 223. The van der Waals surface area contributed by atoms with Crippen molar-refractivity contribution in [3.05, 3.63) is 0 Å². The topological polar surface area (TPSA) is 0 Å². The lowest BCUT2D eigenvalue weighted by molar-refractivity contribution is -0.282. The van der Waals surface area contributed by atoms with Crippen molar-refractivity contribution in [2.45, 2.75) is 63.3 Å². The summed E-state index contributed by atoms with van der Waals surface area (Å²) in [5.74, 6) is -4.61. The van der Waals surface area contributed by atoms with Crippen LogP contribution in [0.1, 0.15) is 33.1 Å². The molecule has 0 spiro atoms. The van der Waals surface area contributed by atoms with Crippen molar-refractivity contribution < 1.29 is 22.0 Å². The first-order chi connectivity index (χ1) is 7.58. The van der Waals surface area contributed by atoms with E-state index in [1.807, 2.05) is 13.8 Å². The minimum absolute atomic E-state index is 0.178. The molecule has 0 aromatic heterocycles. The van der Waals surface area contributed by atoms with Crippen molar-refractivity contribution in [2.75, 3.05) is 0 Å². The average molecular weight is 297 g/mol. The van der Waals surface area contributed by atoms with Crippen LogP contribution in [0, 0.1) is 0 Å². The Labute approximate surface area is 104 Å². The second kappa shape index (κ2) is 6.36. The Morgan fingerprint density at radius 2 is 1.29 bits per heavy atom. The molecule has 17 heavy (non-hydrogen) atoms. The van der Waals surface area contributed by atoms with E-state index in [1.165, 1.54) is 0 Å². The van der Waals surface area contributed by atoms with Crippen molar-refractivity contribution in [1.29, 1.82) is 0 Å². The third-order valence-corrected chi connectivity index (χ3v) is 8.34. The van der Waals surface area contributed by atoms with Crippen LogP contribution in [-0.4, -0.2) is 19.5 Å². The molecule has 0 aliphatic heterocycles. The minimum Gasteiger partial charge on any atom is -0.196 e. The zero-order valence-electron chi connectivity index (χ0n) is 10.0. The monoisotopic (exact) mass is 296 g/mol. The summed E-state index contributed by atoms with van der Waals surface area (Å²) < 4.78 is 61.6. The normalized spacial score (nSPS) is 14.1. The quantitative estimate of drug-likeness (QED) is 0.327. The molecule has 0 heterocycles. The maximum Gasteiger partial charge on any atom is 0.453 e. The van der Waals surface area contributed by atoms with Crippen LogP contribution >= 0.6 is 11.1 Å². The maximum absolute atomic E-state index is 12.8. The smallest absolute Gasteiger partial charge is 0.196 e. The van der Waals surface area contributed by atoms with E-state index in [1.54, 1.807) is 0 Å². The van der Waals surface area contributed by atoms with Crippen molar-refractivity contribution in [3.63, 3.8) is 0 Å². The molecule has 0 rings (SSSR count). The van der Waals surface area contributed by atoms with Gasteiger partial charge in [-0.15, -0.1) is 0 Å². The molecule has 7 heteroatoms. The number of halogens is 6. The lowest BCUT2D eigenvalue weighted by atomic mass is 10.2. The van der Waals surface area contributed by atoms with E-state index in [9.17, 15) is 22.0 Å². The van der Waals surface area contributed by atoms with E-state index in [4.69, 9.17) is 11.1 Å². The highest BCUT2D eigenvalue weighted by molar-refractivity contribution is 7.20. The lowest BCUT2D eigenvalue weighted by Crippen LogP contribution is -2.39. The predicted molar refractivity (Wildman–Crippen MR) is 62.2 cm³/mol. The van der Waals surface area contributed by atoms with Crippen molar-refractivity contribution in [3.8, 4) is 0 Å². The van der Waals surface area contributed by atoms with Gasteiger partial charge in [0.15, 0.2) is 7.38 Å². The van der Waals surface area contributed by atoms with Gasteiger partial charge < -0.3 is 0 Å². The summed E-state index contributed by atoms with van der Waals surface area (Å²) in [6.45, 7) is 3.73. The zero-order chi connectivity index (χ0) is 13.7. The van der Waals surface area contributed by atoms with E-state index >= 15 is 0 Å². The fraction of sp³-hybridized carbons (Fsp3) is 1.00. The van der Waals surface area contributed by atoms with E-state index in [2.05, 4.69) is 0 Å². The molecule has 104 valence electrons. The van der Waals surface area contributed by atoms with Gasteiger partial charge in [0.05, 0.1) is 0 Å². The first kappa shape index (κ1) is 17.2. The molecule has 0 bridgehead atoms. The summed E-state index contributed by atoms with van der Waals surface area (Å²) in [4.78, 5) is 0. The molecule has 0 amide bonds. The second-order valence-corrected chi connectivity index (χ2v) is 10.6. The van der Waals surface area contributed by atoms with Gasteiger partial charge >= 0.3 is 12.1 Å². The van der Waals surface area contributed by atoms with E-state index in [-0.39, 0.29) is 6.04 Å². The van der Waals surface area contributed by atoms with Gasteiger partial charge in [0, 0.05) is 6.42 Å². The lowest BCUT2D eigenvalue weighted by Gasteiger charge is -2.27. The van der Waals surface area contributed by atoms with Crippen LogP contribution in [0.3, 0.4) is 0 Å². The number of rotatable bonds is 7. The number of alkyl halides is 5. The van der Waals surface area contributed by atoms with Gasteiger partial charge in [0.25, 0.3) is 0 Å². The van der Waals surface area contributed by atoms with Crippen molar-refractivity contribution >= 4 is 18.5 Å². The Balaban J connectivity index is 4.50. The Morgan fingerprint density at radius 3 is 1.59 bits per heavy atom. The first-order valence-corrected chi connectivity index (χ1v) is 9.35. The highest BCUT2D eigenvalue weighted by Crippen LogP contribution is 2.42. The van der Waals surface area contributed by atoms with Crippen LogP contribution in [-0.2, 0) is 0 Å². The Morgan fingerprint density at radius 1 is 0.882 bits per heavy atom. The fourth-order valence-corrected chi connectivity index (χ4v) is 6.52. The Kier molecular flexibility index (Phi) is 6.42. The van der Waals surface area contributed by atoms with Crippen LogP contribution in [0.2, 0.25) is 18.1 Å². The molecule has 0 unspecified atom stereocenters. The van der Waals surface area contributed by atoms with Crippen molar-refractivity contribution in [2.24, 2.45) is 0 Å². The van der Waals surface area contributed by atoms with Crippen molar-refractivity contribution in [1.82, 2.24) is 0 Å². The third-order valence-electron chi connectivity index (χ3n) is 2.70. The largest absolute Gasteiger partial charge is 0.453 e. The third kappa shape index (κ3) is 5.55. The molecule has 0 saturated heterocycles. The summed E-state index contributed by atoms with van der Waals surface area (Å²) in [7, 11) is -2.45. The molecule has 0 atom stereocenters. The van der Waals surface area contributed by atoms with E-state index in [0.717, 1.165) is 12.8 Å². The summed E-state index contributed by atoms with van der Waals surface area (Å²) >= 11 is 6.23. The zero-order valence-corrected chi connectivity index (χ0v) is 11.8. The van der Waals surface area contributed by atoms with Gasteiger partial charge in [-0.25, -0.2) is 0 Å². The fourth-order valence-electron chi connectivity index (χ4n) is 1.79. The highest BCUT2D eigenvalue weighted by atomic mass is 35.6. The van der Waals surface area contributed by atoms with Crippen LogP contribution < -0.4 is 0 Å². The Hall–Kier alpha value is 0.157. The van der Waals surface area contributed by atoms with Gasteiger partial charge in [-0.1, -0.05) is 26.7 Å². The maximum atomic E-state index is 12.8. The van der Waals surface area contributed by atoms with Gasteiger partial charge in [-0.2, -0.15) is 33.0 Å². The highest BCUT2D eigenvalue weighted by Gasteiger charge is 2.57. The van der Waals surface area contributed by atoms with Gasteiger partial charge in [0.1, 0.15) is 0 Å². The van der Waals surface area contributed by atoms with E-state index in [0.29, 0.717) is 12.1 Å². The van der Waals surface area contributed by atoms with Crippen LogP contribution in [0.15, 0.2) is 0 Å². The first-order valence-electron chi connectivity index (χ1n) is 5.71. The predicted octanol–water partition coefficient (Wildman–Crippen LogP) is 5.58. The number of hydrogen-bond donors (Lipinski definition) is 0. The van der Waals surface area contributed by atoms with Gasteiger partial charge in [-0.05, 0) is 18.1 Å². The average Bonchev–Trinajstić information content (AvgIpc) is 2.14. The van der Waals surface area contributed by atoms with E-state index < -0.39 is 25.9 Å². The molecule has 0 nitrogen and oxygen atoms in total. The summed E-state index contributed by atoms with van der Waals surface area (Å²) in [6, 6.07) is 1.01. The molecule has 0 aliphatic carbocycles. The minimum atomic E-state index is -5.46. The molecular weight excluding hydrogens is 279 g/mol. The molecule has 0 aliphatic rings. The molecule has 0 fully saturated rings. The summed E-state index contributed by atoms with van der Waals surface area (Å²) in [5, 5.41) is 0. The molecular formula is C10H18ClF5Si. The van der Waals surface area contributed by atoms with Gasteiger partial charge in [-0.3, -0.25) is 0 Å². The molecule has 0 aromatic rings. The van der Waals surface area contributed by atoms with Crippen LogP contribution in [0.4, 0.5) is 22.0 Å². The van der Waals surface area contributed by atoms with Crippen LogP contribution in [0.5, 0.6) is 0 Å². The molecule has 0 N–H and O–H groups in total. The van der Waals surface area contributed by atoms with Gasteiger partial charge in [0.2, 0.25) is 0 Å². The summed E-state index contributed by atoms with van der Waals surface area (Å²) in [5.41, 5.74) is 0. The second-order valence-electron chi connectivity index (χ2n) is 4.35. The standard InChI is InChI=1S/C10H18ClF5Si/c1-3-6-17(11,7-4-2)8-5-9(12,13)10(14,15)16/h3-8H2,1-2H3. The molecule has 0 aromatic carbocycles. The van der Waals surface area contributed by atoms with Crippen LogP contribution in [0.25, 0.3) is 0 Å². The summed E-state index contributed by atoms with van der Waals surface area (Å²) in [6.07, 6.45) is -5.18. The SMILES string of the molecule is CCC[Si](Cl)(CCC)CCC(F)(F)C(F)(F)F. The molecule has 0 radical (unpaired) electrons. The molecule has 0 saturated carbocycles. The number of hydrogen-bond acceptors (Lipinski definition) is 0.